The van der Waals surface area contributed by atoms with Crippen molar-refractivity contribution in [1.82, 2.24) is 0 Å². The van der Waals surface area contributed by atoms with Gasteiger partial charge in [0.15, 0.2) is 0 Å². The molecule has 0 aliphatic heterocycles. The molecule has 1 atom stereocenters. The van der Waals surface area contributed by atoms with E-state index in [0.717, 1.165) is 11.3 Å². The van der Waals surface area contributed by atoms with E-state index in [1.54, 1.807) is 7.11 Å². The van der Waals surface area contributed by atoms with Crippen molar-refractivity contribution in [2.75, 3.05) is 7.11 Å². The first-order valence-electron chi connectivity index (χ1n) is 6.48. The van der Waals surface area contributed by atoms with E-state index in [1.165, 1.54) is 5.56 Å². The Kier molecular flexibility index (Phi) is 3.60. The van der Waals surface area contributed by atoms with E-state index in [1.807, 2.05) is 18.2 Å². The minimum atomic E-state index is -2.51. The Morgan fingerprint density at radius 3 is 2.56 bits per heavy atom. The van der Waals surface area contributed by atoms with E-state index in [-0.39, 0.29) is 18.8 Å². The molecule has 1 saturated carbocycles. The Labute approximate surface area is 107 Å². The molecule has 1 nitrogen and oxygen atoms in total. The largest absolute Gasteiger partial charge is 0.496 e. The van der Waals surface area contributed by atoms with Gasteiger partial charge in [-0.15, -0.1) is 0 Å². The third-order valence-corrected chi connectivity index (χ3v) is 3.76. The molecule has 1 aromatic rings. The predicted octanol–water partition coefficient (Wildman–Crippen LogP) is 4.72. The van der Waals surface area contributed by atoms with Gasteiger partial charge in [-0.05, 0) is 35.4 Å². The zero-order valence-electron chi connectivity index (χ0n) is 11.2. The average Bonchev–Trinajstić information content (AvgIpc) is 2.68. The Hall–Kier alpha value is -1.12. The second-order valence-electron chi connectivity index (χ2n) is 5.45. The summed E-state index contributed by atoms with van der Waals surface area (Å²) in [4.78, 5) is 0. The van der Waals surface area contributed by atoms with Crippen LogP contribution in [0.25, 0.3) is 0 Å². The molecule has 1 aliphatic carbocycles. The molecule has 1 aliphatic rings. The second-order valence-corrected chi connectivity index (χ2v) is 5.45. The summed E-state index contributed by atoms with van der Waals surface area (Å²) >= 11 is 0. The fourth-order valence-corrected chi connectivity index (χ4v) is 2.65. The number of rotatable bonds is 3. The van der Waals surface area contributed by atoms with Crippen molar-refractivity contribution < 1.29 is 13.5 Å². The molecule has 0 amide bonds. The highest BCUT2D eigenvalue weighted by Gasteiger charge is 2.40. The van der Waals surface area contributed by atoms with Gasteiger partial charge in [0.25, 0.3) is 0 Å². The lowest BCUT2D eigenvalue weighted by Gasteiger charge is -2.17. The highest BCUT2D eigenvalue weighted by atomic mass is 19.3. The number of halogens is 2. The average molecular weight is 254 g/mol. The first-order chi connectivity index (χ1) is 8.43. The van der Waals surface area contributed by atoms with Crippen LogP contribution in [0.3, 0.4) is 0 Å². The summed E-state index contributed by atoms with van der Waals surface area (Å²) < 4.78 is 32.0. The maximum Gasteiger partial charge on any atom is 0.248 e. The first kappa shape index (κ1) is 13.3. The highest BCUT2D eigenvalue weighted by Crippen LogP contribution is 2.46. The minimum Gasteiger partial charge on any atom is -0.496 e. The zero-order chi connectivity index (χ0) is 13.3. The summed E-state index contributed by atoms with van der Waals surface area (Å²) in [6.07, 6.45) is 0.489. The molecule has 0 radical (unpaired) electrons. The third kappa shape index (κ3) is 2.65. The summed E-state index contributed by atoms with van der Waals surface area (Å²) in [5.41, 5.74) is 2.13. The molecule has 1 aromatic carbocycles. The third-order valence-electron chi connectivity index (χ3n) is 3.76. The highest BCUT2D eigenvalue weighted by molar-refractivity contribution is 5.41. The molecule has 0 aromatic heterocycles. The lowest BCUT2D eigenvalue weighted by atomic mass is 9.92. The Balaban J connectivity index is 2.33. The molecule has 100 valence electrons. The summed E-state index contributed by atoms with van der Waals surface area (Å²) in [5, 5.41) is 0. The van der Waals surface area contributed by atoms with Crippen molar-refractivity contribution in [2.24, 2.45) is 0 Å². The molecule has 0 bridgehead atoms. The monoisotopic (exact) mass is 254 g/mol. The number of ether oxygens (including phenoxy) is 1. The lowest BCUT2D eigenvalue weighted by Crippen LogP contribution is -2.09. The molecule has 1 unspecified atom stereocenters. The fourth-order valence-electron chi connectivity index (χ4n) is 2.65. The first-order valence-corrected chi connectivity index (χ1v) is 6.48. The maximum atomic E-state index is 13.3. The van der Waals surface area contributed by atoms with E-state index in [0.29, 0.717) is 12.3 Å². The Bertz CT molecular complexity index is 427. The van der Waals surface area contributed by atoms with Gasteiger partial charge in [0, 0.05) is 12.8 Å². The van der Waals surface area contributed by atoms with E-state index >= 15 is 0 Å². The number of hydrogen-bond acceptors (Lipinski definition) is 1. The smallest absolute Gasteiger partial charge is 0.248 e. The van der Waals surface area contributed by atoms with Gasteiger partial charge in [-0.3, -0.25) is 0 Å². The molecule has 0 heterocycles. The van der Waals surface area contributed by atoms with Crippen LogP contribution in [0.15, 0.2) is 18.2 Å². The molecule has 18 heavy (non-hydrogen) atoms. The minimum absolute atomic E-state index is 0.00722. The molecule has 0 spiro atoms. The van der Waals surface area contributed by atoms with E-state index < -0.39 is 5.92 Å². The van der Waals surface area contributed by atoms with Crippen molar-refractivity contribution in [2.45, 2.75) is 50.9 Å². The Morgan fingerprint density at radius 2 is 2.06 bits per heavy atom. The van der Waals surface area contributed by atoms with Crippen molar-refractivity contribution in [3.63, 3.8) is 0 Å². The SMILES string of the molecule is COc1ccc(C(C)C)cc1C1CCC(F)(F)C1. The van der Waals surface area contributed by atoms with Crippen molar-refractivity contribution in [3.05, 3.63) is 29.3 Å². The van der Waals surface area contributed by atoms with Gasteiger partial charge in [0.05, 0.1) is 7.11 Å². The fraction of sp³-hybridized carbons (Fsp3) is 0.600. The number of hydrogen-bond donors (Lipinski definition) is 0. The van der Waals surface area contributed by atoms with Crippen LogP contribution in [0, 0.1) is 0 Å². The van der Waals surface area contributed by atoms with Gasteiger partial charge in [0.1, 0.15) is 5.75 Å². The predicted molar refractivity (Wildman–Crippen MR) is 68.6 cm³/mol. The van der Waals surface area contributed by atoms with Crippen LogP contribution in [0.5, 0.6) is 5.75 Å². The van der Waals surface area contributed by atoms with Crippen LogP contribution in [-0.2, 0) is 0 Å². The number of methoxy groups -OCH3 is 1. The van der Waals surface area contributed by atoms with Crippen LogP contribution in [0.2, 0.25) is 0 Å². The summed E-state index contributed by atoms with van der Waals surface area (Å²) in [7, 11) is 1.60. The second kappa shape index (κ2) is 4.87. The Morgan fingerprint density at radius 1 is 1.33 bits per heavy atom. The van der Waals surface area contributed by atoms with Gasteiger partial charge in [-0.2, -0.15) is 0 Å². The standard InChI is InChI=1S/C15H20F2O/c1-10(2)11-4-5-14(18-3)13(8-11)12-6-7-15(16,17)9-12/h4-5,8,10,12H,6-7,9H2,1-3H3. The normalized spacial score (nSPS) is 22.4. The van der Waals surface area contributed by atoms with Crippen LogP contribution >= 0.6 is 0 Å². The van der Waals surface area contributed by atoms with Gasteiger partial charge < -0.3 is 4.74 Å². The van der Waals surface area contributed by atoms with Crippen LogP contribution in [0.1, 0.15) is 56.1 Å². The van der Waals surface area contributed by atoms with E-state index in [4.69, 9.17) is 4.74 Å². The quantitative estimate of drug-likeness (QED) is 0.758. The van der Waals surface area contributed by atoms with Crippen molar-refractivity contribution >= 4 is 0 Å². The van der Waals surface area contributed by atoms with Crippen LogP contribution < -0.4 is 4.74 Å². The van der Waals surface area contributed by atoms with Crippen LogP contribution in [-0.4, -0.2) is 13.0 Å². The number of alkyl halides is 2. The molecule has 0 N–H and O–H groups in total. The topological polar surface area (TPSA) is 9.23 Å². The van der Waals surface area contributed by atoms with Gasteiger partial charge in [0.2, 0.25) is 5.92 Å². The molecular weight excluding hydrogens is 234 g/mol. The molecular formula is C15H20F2O. The molecule has 3 heteroatoms. The summed E-state index contributed by atoms with van der Waals surface area (Å²) in [6.45, 7) is 4.21. The summed E-state index contributed by atoms with van der Waals surface area (Å²) in [5.74, 6) is -1.45. The van der Waals surface area contributed by atoms with Gasteiger partial charge in [-0.1, -0.05) is 26.0 Å². The van der Waals surface area contributed by atoms with Crippen molar-refractivity contribution in [3.8, 4) is 5.75 Å². The van der Waals surface area contributed by atoms with Crippen LogP contribution in [0.4, 0.5) is 8.78 Å². The molecule has 0 saturated heterocycles. The van der Waals surface area contributed by atoms with Gasteiger partial charge in [-0.25, -0.2) is 8.78 Å². The number of benzene rings is 1. The van der Waals surface area contributed by atoms with E-state index in [2.05, 4.69) is 13.8 Å². The summed E-state index contributed by atoms with van der Waals surface area (Å²) in [6, 6.07) is 5.96. The maximum absolute atomic E-state index is 13.3. The van der Waals surface area contributed by atoms with E-state index in [9.17, 15) is 8.78 Å². The zero-order valence-corrected chi connectivity index (χ0v) is 11.2. The lowest BCUT2D eigenvalue weighted by molar-refractivity contribution is 0.00772. The molecule has 2 rings (SSSR count). The van der Waals surface area contributed by atoms with Gasteiger partial charge >= 0.3 is 0 Å². The molecule has 1 fully saturated rings. The van der Waals surface area contributed by atoms with Crippen molar-refractivity contribution in [1.29, 1.82) is 0 Å².